The Balaban J connectivity index is 1.23. The fourth-order valence-electron chi connectivity index (χ4n) is 8.64. The van der Waals surface area contributed by atoms with Gasteiger partial charge < -0.3 is 19.8 Å². The van der Waals surface area contributed by atoms with Gasteiger partial charge in [0.2, 0.25) is 5.91 Å². The first-order valence-electron chi connectivity index (χ1n) is 15.5. The van der Waals surface area contributed by atoms with Gasteiger partial charge in [-0.05, 0) is 73.1 Å². The molecule has 1 saturated heterocycles. The number of piperidine rings is 1. The number of nitriles is 1. The zero-order chi connectivity index (χ0) is 32.4. The molecule has 3 aromatic rings. The quantitative estimate of drug-likeness (QED) is 0.362. The summed E-state index contributed by atoms with van der Waals surface area (Å²) in [5.74, 6) is -0.195. The number of likely N-dealkylation sites (N-methyl/N-ethyl adjacent to an activating group) is 1. The predicted molar refractivity (Wildman–Crippen MR) is 164 cm³/mol. The Bertz CT molecular complexity index is 1760. The van der Waals surface area contributed by atoms with E-state index in [1.165, 1.54) is 29.2 Å². The van der Waals surface area contributed by atoms with E-state index in [1.807, 2.05) is 36.4 Å². The summed E-state index contributed by atoms with van der Waals surface area (Å²) in [4.78, 5) is 17.2. The first-order chi connectivity index (χ1) is 22.0. The van der Waals surface area contributed by atoms with Crippen molar-refractivity contribution in [1.29, 1.82) is 5.26 Å². The minimum atomic E-state index is -4.50. The Morgan fingerprint density at radius 3 is 2.70 bits per heavy atom. The van der Waals surface area contributed by atoms with Crippen LogP contribution in [0.15, 0.2) is 72.8 Å². The Morgan fingerprint density at radius 1 is 1.17 bits per heavy atom. The average molecular weight is 630 g/mol. The van der Waals surface area contributed by atoms with E-state index in [2.05, 4.69) is 11.0 Å². The van der Waals surface area contributed by atoms with Gasteiger partial charge in [0, 0.05) is 31.3 Å². The molecule has 2 N–H and O–H groups in total. The number of aromatic hydroxyl groups is 1. The molecule has 6 atom stereocenters. The molecule has 2 aliphatic carbocycles. The van der Waals surface area contributed by atoms with Gasteiger partial charge in [-0.3, -0.25) is 9.69 Å². The van der Waals surface area contributed by atoms with Crippen molar-refractivity contribution in [3.63, 3.8) is 0 Å². The maximum Gasteiger partial charge on any atom is 0.416 e. The molecule has 7 nitrogen and oxygen atoms in total. The lowest BCUT2D eigenvalue weighted by molar-refractivity contribution is -0.206. The van der Waals surface area contributed by atoms with Crippen LogP contribution in [-0.4, -0.2) is 69.3 Å². The summed E-state index contributed by atoms with van der Waals surface area (Å²) in [7, 11) is 1.62. The molecular formula is C36H34F3N3O4. The van der Waals surface area contributed by atoms with E-state index in [-0.39, 0.29) is 23.8 Å². The normalized spacial score (nSPS) is 29.6. The average Bonchev–Trinajstić information content (AvgIpc) is 3.40. The van der Waals surface area contributed by atoms with E-state index < -0.39 is 46.9 Å². The minimum absolute atomic E-state index is 0.0551. The molecule has 1 spiro atoms. The number of phenolic OH excluding ortho intramolecular Hbond substituents is 1. The monoisotopic (exact) mass is 629 g/mol. The third-order valence-corrected chi connectivity index (χ3v) is 10.8. The summed E-state index contributed by atoms with van der Waals surface area (Å²) in [5.41, 5.74) is -0.0916. The van der Waals surface area contributed by atoms with Crippen molar-refractivity contribution in [1.82, 2.24) is 9.80 Å². The summed E-state index contributed by atoms with van der Waals surface area (Å²) < 4.78 is 46.2. The van der Waals surface area contributed by atoms with Gasteiger partial charge in [0.05, 0.1) is 34.7 Å². The van der Waals surface area contributed by atoms with Crippen LogP contribution in [-0.2, 0) is 29.2 Å². The lowest BCUT2D eigenvalue weighted by Crippen LogP contribution is -2.79. The van der Waals surface area contributed by atoms with Crippen molar-refractivity contribution in [2.24, 2.45) is 0 Å². The van der Waals surface area contributed by atoms with Crippen LogP contribution in [0.25, 0.3) is 6.08 Å². The van der Waals surface area contributed by atoms with Crippen LogP contribution in [0.3, 0.4) is 0 Å². The number of carbonyl (C=O) groups is 1. The molecule has 0 radical (unpaired) electrons. The van der Waals surface area contributed by atoms with E-state index in [9.17, 15) is 33.4 Å². The van der Waals surface area contributed by atoms with Crippen LogP contribution in [0, 0.1) is 11.3 Å². The van der Waals surface area contributed by atoms with Gasteiger partial charge in [-0.2, -0.15) is 18.4 Å². The molecule has 7 rings (SSSR count). The van der Waals surface area contributed by atoms with Crippen molar-refractivity contribution < 1.29 is 32.9 Å². The van der Waals surface area contributed by atoms with Crippen LogP contribution >= 0.6 is 0 Å². The van der Waals surface area contributed by atoms with Crippen LogP contribution in [0.2, 0.25) is 0 Å². The third-order valence-electron chi connectivity index (χ3n) is 10.8. The van der Waals surface area contributed by atoms with Crippen LogP contribution in [0.1, 0.15) is 47.1 Å². The maximum atomic E-state index is 13.5. The highest BCUT2D eigenvalue weighted by Gasteiger charge is 2.74. The highest BCUT2D eigenvalue weighted by Crippen LogP contribution is 2.66. The Kier molecular flexibility index (Phi) is 7.18. The van der Waals surface area contributed by atoms with Crippen molar-refractivity contribution in [3.05, 3.63) is 101 Å². The number of aliphatic hydroxyl groups is 1. The Hall–Kier alpha value is -4.33. The second-order valence-corrected chi connectivity index (χ2v) is 12.9. The number of ether oxygens (including phenoxy) is 1. The lowest BCUT2D eigenvalue weighted by atomic mass is 9.47. The van der Waals surface area contributed by atoms with Crippen LogP contribution in [0.5, 0.6) is 11.5 Å². The summed E-state index contributed by atoms with van der Waals surface area (Å²) in [6, 6.07) is 19.3. The summed E-state index contributed by atoms with van der Waals surface area (Å²) in [6.45, 7) is 0.583. The SMILES string of the molecule is CN(C(=O)C=Cc1cccc(C(F)(F)F)c1)[C@H]1CC[C@@]2(O)[C@H]3Cc4ccc(O)c5c4[C@@]2(CC(C#N)N3CCc2ccccc2)[C@H]1O5. The number of likely N-dealkylation sites (tertiary alicyclic amines) is 1. The van der Waals surface area contributed by atoms with Crippen molar-refractivity contribution >= 4 is 12.0 Å². The zero-order valence-electron chi connectivity index (χ0n) is 25.2. The summed E-state index contributed by atoms with van der Waals surface area (Å²) in [6.07, 6.45) is -0.457. The molecule has 0 aromatic heterocycles. The van der Waals surface area contributed by atoms with Gasteiger partial charge >= 0.3 is 6.18 Å². The number of hydrogen-bond acceptors (Lipinski definition) is 6. The predicted octanol–water partition coefficient (Wildman–Crippen LogP) is 5.24. The molecule has 1 saturated carbocycles. The first-order valence-corrected chi connectivity index (χ1v) is 15.5. The van der Waals surface area contributed by atoms with E-state index in [1.54, 1.807) is 13.1 Å². The Morgan fingerprint density at radius 2 is 1.96 bits per heavy atom. The number of phenols is 1. The summed E-state index contributed by atoms with van der Waals surface area (Å²) in [5, 5.41) is 34.3. The van der Waals surface area contributed by atoms with Gasteiger partial charge in [-0.25, -0.2) is 0 Å². The molecule has 46 heavy (non-hydrogen) atoms. The minimum Gasteiger partial charge on any atom is -0.504 e. The van der Waals surface area contributed by atoms with Gasteiger partial charge in [-0.15, -0.1) is 0 Å². The zero-order valence-corrected chi connectivity index (χ0v) is 25.2. The van der Waals surface area contributed by atoms with Crippen LogP contribution in [0.4, 0.5) is 13.2 Å². The molecule has 3 aromatic carbocycles. The summed E-state index contributed by atoms with van der Waals surface area (Å²) >= 11 is 0. The van der Waals surface area contributed by atoms with E-state index >= 15 is 0 Å². The number of amides is 1. The second-order valence-electron chi connectivity index (χ2n) is 12.9. The highest BCUT2D eigenvalue weighted by atomic mass is 19.4. The first kappa shape index (κ1) is 30.3. The number of alkyl halides is 3. The molecule has 2 fully saturated rings. The lowest BCUT2D eigenvalue weighted by Gasteiger charge is -2.65. The highest BCUT2D eigenvalue weighted by molar-refractivity contribution is 5.92. The van der Waals surface area contributed by atoms with Gasteiger partial charge in [-0.1, -0.05) is 48.5 Å². The van der Waals surface area contributed by atoms with Gasteiger partial charge in [0.15, 0.2) is 11.5 Å². The van der Waals surface area contributed by atoms with Crippen LogP contribution < -0.4 is 4.74 Å². The molecule has 2 bridgehead atoms. The molecule has 4 aliphatic rings. The number of hydrogen-bond donors (Lipinski definition) is 2. The molecule has 10 heteroatoms. The largest absolute Gasteiger partial charge is 0.504 e. The van der Waals surface area contributed by atoms with E-state index in [4.69, 9.17) is 4.74 Å². The molecule has 2 aliphatic heterocycles. The van der Waals surface area contributed by atoms with Crippen molar-refractivity contribution in [2.45, 2.75) is 73.5 Å². The molecule has 2 heterocycles. The smallest absolute Gasteiger partial charge is 0.416 e. The second kappa shape index (κ2) is 10.9. The molecular weight excluding hydrogens is 595 g/mol. The number of nitrogens with zero attached hydrogens (tertiary/aromatic N) is 3. The van der Waals surface area contributed by atoms with E-state index in [0.29, 0.717) is 38.0 Å². The van der Waals surface area contributed by atoms with E-state index in [0.717, 1.165) is 28.8 Å². The van der Waals surface area contributed by atoms with Gasteiger partial charge in [0.1, 0.15) is 6.10 Å². The van der Waals surface area contributed by atoms with Crippen molar-refractivity contribution in [2.75, 3.05) is 13.6 Å². The number of benzene rings is 3. The fourth-order valence-corrected chi connectivity index (χ4v) is 8.64. The Labute approximate surface area is 265 Å². The standard InChI is InChI=1S/C36H34F3N3O4/c1-41(30(44)13-10-23-8-5-9-25(18-23)36(37,38)39)27-14-16-35(45)29-19-24-11-12-28(43)32-31(24)34(35,33(27)46-32)20-26(21-40)42(29)17-15-22-6-3-2-4-7-22/h2-13,18,26-27,29,33,43,45H,14-17,19-20H2,1H3/t26?,27-,29+,33-,34-,35+/m0/s1. The molecule has 238 valence electrons. The fraction of sp³-hybridized carbons (Fsp3) is 0.389. The maximum absolute atomic E-state index is 13.5. The topological polar surface area (TPSA) is 97.0 Å². The van der Waals surface area contributed by atoms with Gasteiger partial charge in [0.25, 0.3) is 0 Å². The molecule has 1 amide bonds. The molecule has 1 unspecified atom stereocenters. The third kappa shape index (κ3) is 4.51. The number of carbonyl (C=O) groups excluding carboxylic acids is 1. The van der Waals surface area contributed by atoms with Crippen molar-refractivity contribution in [3.8, 4) is 17.6 Å². The number of rotatable bonds is 6. The number of halogens is 3.